The number of nitrogens with one attached hydrogen (secondary N) is 1. The molecule has 0 bridgehead atoms. The Morgan fingerprint density at radius 2 is 2.25 bits per heavy atom. The van der Waals surface area contributed by atoms with Crippen LogP contribution in [0.2, 0.25) is 0 Å². The van der Waals surface area contributed by atoms with Crippen LogP contribution in [0.1, 0.15) is 23.9 Å². The highest BCUT2D eigenvalue weighted by Gasteiger charge is 2.22. The van der Waals surface area contributed by atoms with E-state index in [1.54, 1.807) is 23.8 Å². The third-order valence-electron chi connectivity index (χ3n) is 3.51. The molecule has 0 fully saturated rings. The van der Waals surface area contributed by atoms with Crippen molar-refractivity contribution in [3.63, 3.8) is 0 Å². The second-order valence-corrected chi connectivity index (χ2v) is 7.49. The van der Waals surface area contributed by atoms with Gasteiger partial charge in [0.1, 0.15) is 11.8 Å². The highest BCUT2D eigenvalue weighted by atomic mass is 79.9. The predicted octanol–water partition coefficient (Wildman–Crippen LogP) is 0.733. The van der Waals surface area contributed by atoms with Crippen molar-refractivity contribution in [3.05, 3.63) is 34.3 Å². The highest BCUT2D eigenvalue weighted by molar-refractivity contribution is 9.10. The number of nitrogens with zero attached hydrogens (tertiary/aromatic N) is 5. The maximum atomic E-state index is 11.3. The number of ether oxygens (including phenoxy) is 1. The summed E-state index contributed by atoms with van der Waals surface area (Å²) in [5.41, 5.74) is 1.13. The maximum Gasteiger partial charge on any atom is 0.376 e. The summed E-state index contributed by atoms with van der Waals surface area (Å²) < 4.78 is 19.1. The SMILES string of the molecule is COC(CCc1cn2cc(P(=O)(O)O)nc2cc1Br)c1nn[nH]n1. The average molecular weight is 417 g/mol. The van der Waals surface area contributed by atoms with Crippen LogP contribution in [0.15, 0.2) is 22.9 Å². The van der Waals surface area contributed by atoms with Crippen LogP contribution in [0.25, 0.3) is 5.65 Å². The van der Waals surface area contributed by atoms with Gasteiger partial charge in [-0.2, -0.15) is 5.21 Å². The van der Waals surface area contributed by atoms with E-state index in [9.17, 15) is 14.4 Å². The third kappa shape index (κ3) is 3.55. The molecule has 128 valence electrons. The lowest BCUT2D eigenvalue weighted by Gasteiger charge is -2.12. The zero-order valence-corrected chi connectivity index (χ0v) is 15.0. The fourth-order valence-corrected chi connectivity index (χ4v) is 3.32. The summed E-state index contributed by atoms with van der Waals surface area (Å²) in [6, 6.07) is 1.71. The molecule has 0 aliphatic heterocycles. The minimum absolute atomic E-state index is 0.256. The molecule has 3 aromatic rings. The Kier molecular flexibility index (Phi) is 4.79. The minimum Gasteiger partial charge on any atom is -0.373 e. The second kappa shape index (κ2) is 6.69. The molecule has 0 saturated heterocycles. The van der Waals surface area contributed by atoms with Gasteiger partial charge in [0.15, 0.2) is 5.44 Å². The first-order chi connectivity index (χ1) is 11.4. The molecule has 3 heterocycles. The van der Waals surface area contributed by atoms with Crippen LogP contribution in [-0.2, 0) is 15.7 Å². The summed E-state index contributed by atoms with van der Waals surface area (Å²) in [6.45, 7) is 0. The Hall–Kier alpha value is -1.65. The number of hydrogen-bond donors (Lipinski definition) is 3. The molecule has 3 aromatic heterocycles. The number of rotatable bonds is 6. The molecule has 0 amide bonds. The Morgan fingerprint density at radius 3 is 2.88 bits per heavy atom. The van der Waals surface area contributed by atoms with E-state index < -0.39 is 7.60 Å². The van der Waals surface area contributed by atoms with Gasteiger partial charge >= 0.3 is 7.60 Å². The normalized spacial score (nSPS) is 13.5. The number of aryl methyl sites for hydroxylation is 1. The third-order valence-corrected chi connectivity index (χ3v) is 5.06. The number of fused-ring (bicyclic) bond motifs is 1. The first-order valence-corrected chi connectivity index (χ1v) is 9.28. The number of H-pyrrole nitrogens is 1. The molecule has 12 heteroatoms. The van der Waals surface area contributed by atoms with Crippen LogP contribution in [0.3, 0.4) is 0 Å². The van der Waals surface area contributed by atoms with Gasteiger partial charge in [-0.05, 0) is 24.5 Å². The Balaban J connectivity index is 1.84. The van der Waals surface area contributed by atoms with E-state index in [-0.39, 0.29) is 11.5 Å². The number of tetrazole rings is 1. The monoisotopic (exact) mass is 416 g/mol. The second-order valence-electron chi connectivity index (χ2n) is 5.09. The van der Waals surface area contributed by atoms with E-state index in [1.165, 1.54) is 6.20 Å². The fraction of sp³-hybridized carbons (Fsp3) is 0.333. The lowest BCUT2D eigenvalue weighted by atomic mass is 10.1. The highest BCUT2D eigenvalue weighted by Crippen LogP contribution is 2.33. The largest absolute Gasteiger partial charge is 0.376 e. The van der Waals surface area contributed by atoms with Crippen LogP contribution >= 0.6 is 23.5 Å². The summed E-state index contributed by atoms with van der Waals surface area (Å²) in [6.07, 6.45) is 4.04. The quantitative estimate of drug-likeness (QED) is 0.499. The van der Waals surface area contributed by atoms with Gasteiger partial charge in [-0.3, -0.25) is 4.57 Å². The summed E-state index contributed by atoms with van der Waals surface area (Å²) in [5.74, 6) is 0.473. The number of aromatic nitrogens is 6. The molecule has 0 aromatic carbocycles. The first kappa shape index (κ1) is 17.2. The van der Waals surface area contributed by atoms with Gasteiger partial charge in [-0.25, -0.2) is 4.98 Å². The Bertz CT molecular complexity index is 892. The van der Waals surface area contributed by atoms with Crippen molar-refractivity contribution in [2.45, 2.75) is 18.9 Å². The molecular formula is C12H14BrN6O4P. The molecule has 10 nitrogen and oxygen atoms in total. The van der Waals surface area contributed by atoms with Crippen LogP contribution in [0.4, 0.5) is 0 Å². The van der Waals surface area contributed by atoms with Gasteiger partial charge in [0.05, 0.1) is 0 Å². The molecule has 0 spiro atoms. The van der Waals surface area contributed by atoms with Crippen molar-refractivity contribution in [3.8, 4) is 0 Å². The van der Waals surface area contributed by atoms with E-state index in [0.29, 0.717) is 24.3 Å². The van der Waals surface area contributed by atoms with Crippen molar-refractivity contribution in [1.29, 1.82) is 0 Å². The molecule has 3 rings (SSSR count). The first-order valence-electron chi connectivity index (χ1n) is 6.88. The van der Waals surface area contributed by atoms with Gasteiger partial charge in [-0.1, -0.05) is 21.1 Å². The van der Waals surface area contributed by atoms with Gasteiger partial charge in [0.25, 0.3) is 0 Å². The van der Waals surface area contributed by atoms with Crippen molar-refractivity contribution in [2.24, 2.45) is 0 Å². The smallest absolute Gasteiger partial charge is 0.373 e. The molecule has 1 atom stereocenters. The molecule has 0 radical (unpaired) electrons. The van der Waals surface area contributed by atoms with Crippen molar-refractivity contribution in [2.75, 3.05) is 7.11 Å². The van der Waals surface area contributed by atoms with Gasteiger partial charge < -0.3 is 18.9 Å². The van der Waals surface area contributed by atoms with Gasteiger partial charge in [-0.15, -0.1) is 10.2 Å². The van der Waals surface area contributed by atoms with E-state index in [0.717, 1.165) is 10.0 Å². The molecular weight excluding hydrogens is 403 g/mol. The Morgan fingerprint density at radius 1 is 1.46 bits per heavy atom. The number of halogens is 1. The summed E-state index contributed by atoms with van der Waals surface area (Å²) in [4.78, 5) is 22.4. The number of pyridine rings is 1. The molecule has 0 aliphatic rings. The van der Waals surface area contributed by atoms with E-state index >= 15 is 0 Å². The lowest BCUT2D eigenvalue weighted by Crippen LogP contribution is -2.06. The van der Waals surface area contributed by atoms with Crippen LogP contribution < -0.4 is 5.44 Å². The van der Waals surface area contributed by atoms with Crippen molar-refractivity contribution >= 4 is 34.6 Å². The zero-order chi connectivity index (χ0) is 17.3. The summed E-state index contributed by atoms with van der Waals surface area (Å²) in [5, 5.41) is 13.7. The van der Waals surface area contributed by atoms with E-state index in [2.05, 4.69) is 41.5 Å². The van der Waals surface area contributed by atoms with Crippen LogP contribution in [0, 0.1) is 0 Å². The lowest BCUT2D eigenvalue weighted by molar-refractivity contribution is 0.0885. The molecule has 0 saturated carbocycles. The minimum atomic E-state index is -4.38. The van der Waals surface area contributed by atoms with Crippen LogP contribution in [0.5, 0.6) is 0 Å². The van der Waals surface area contributed by atoms with Gasteiger partial charge in [0, 0.05) is 24.0 Å². The number of hydrogen-bond acceptors (Lipinski definition) is 6. The number of methoxy groups -OCH3 is 1. The average Bonchev–Trinajstić information content (AvgIpc) is 3.16. The van der Waals surface area contributed by atoms with E-state index in [1.807, 2.05) is 0 Å². The molecule has 3 N–H and O–H groups in total. The molecule has 1 unspecified atom stereocenters. The van der Waals surface area contributed by atoms with Crippen molar-refractivity contribution in [1.82, 2.24) is 30.0 Å². The zero-order valence-electron chi connectivity index (χ0n) is 12.5. The summed E-state index contributed by atoms with van der Waals surface area (Å²) in [7, 11) is -2.81. The number of imidazole rings is 1. The van der Waals surface area contributed by atoms with E-state index in [4.69, 9.17) is 4.74 Å². The summed E-state index contributed by atoms with van der Waals surface area (Å²) >= 11 is 3.46. The van der Waals surface area contributed by atoms with Crippen LogP contribution in [-0.4, -0.2) is 46.9 Å². The van der Waals surface area contributed by atoms with Gasteiger partial charge in [0.2, 0.25) is 5.82 Å². The van der Waals surface area contributed by atoms with Crippen molar-refractivity contribution < 1.29 is 19.1 Å². The number of aromatic amines is 1. The maximum absolute atomic E-state index is 11.3. The predicted molar refractivity (Wildman–Crippen MR) is 86.8 cm³/mol. The topological polar surface area (TPSA) is 139 Å². The Labute approximate surface area is 144 Å². The molecule has 24 heavy (non-hydrogen) atoms. The standard InChI is InChI=1S/C12H14BrN6O4P/c1-23-9(12-15-17-18-16-12)3-2-7-5-19-6-11(24(20,21)22)14-10(19)4-8(7)13/h4-6,9H,2-3H2,1H3,(H2,20,21,22)(H,15,16,17,18). The fourth-order valence-electron chi connectivity index (χ4n) is 2.31. The molecule has 0 aliphatic carbocycles.